The van der Waals surface area contributed by atoms with Gasteiger partial charge in [-0.15, -0.1) is 0 Å². The normalized spacial score (nSPS) is 19.9. The van der Waals surface area contributed by atoms with E-state index in [4.69, 9.17) is 0 Å². The number of nitrogens with one attached hydrogen (secondary N) is 2. The third-order valence-corrected chi connectivity index (χ3v) is 6.78. The molecule has 150 valence electrons. The Morgan fingerprint density at radius 2 is 1.76 bits per heavy atom. The molecule has 2 atom stereocenters. The highest BCUT2D eigenvalue weighted by molar-refractivity contribution is 7.89. The Balaban J connectivity index is 1.62. The first-order valence-electron chi connectivity index (χ1n) is 9.27. The monoisotopic (exact) mass is 411 g/mol. The number of carbonyl (C=O) groups excluding carboxylic acids is 1. The van der Waals surface area contributed by atoms with Gasteiger partial charge in [0.05, 0.1) is 10.9 Å². The van der Waals surface area contributed by atoms with Crippen LogP contribution in [0, 0.1) is 6.92 Å². The van der Waals surface area contributed by atoms with E-state index in [1.807, 2.05) is 6.07 Å². The molecule has 1 fully saturated rings. The molecule has 3 aromatic rings. The number of aromatic amines is 1. The molecular weight excluding hydrogens is 390 g/mol. The molecule has 0 radical (unpaired) electrons. The molecule has 0 saturated carbocycles. The van der Waals surface area contributed by atoms with Crippen molar-refractivity contribution in [3.8, 4) is 0 Å². The number of hydrogen-bond donors (Lipinski definition) is 2. The van der Waals surface area contributed by atoms with E-state index in [2.05, 4.69) is 20.5 Å². The smallest absolute Gasteiger partial charge is 0.251 e. The molecule has 4 rings (SSSR count). The molecule has 0 bridgehead atoms. The van der Waals surface area contributed by atoms with Crippen LogP contribution in [-0.4, -0.2) is 46.4 Å². The predicted octanol–water partition coefficient (Wildman–Crippen LogP) is 2.05. The highest BCUT2D eigenvalue weighted by Gasteiger charge is 2.43. The standard InChI is InChI=1S/C20H21N5O3S/c1-14-21-19(24-23-14)18-12-16(22-20(26)15-8-4-2-5-9-15)13-25(18)29(27,28)17-10-6-3-7-11-17/h2-11,16,18H,12-13H2,1H3,(H,22,26)(H,21,23,24)/t16-,18-/m0/s1. The summed E-state index contributed by atoms with van der Waals surface area (Å²) < 4.78 is 27.9. The summed E-state index contributed by atoms with van der Waals surface area (Å²) in [6, 6.07) is 16.2. The van der Waals surface area contributed by atoms with Gasteiger partial charge in [0, 0.05) is 18.2 Å². The van der Waals surface area contributed by atoms with Gasteiger partial charge in [-0.05, 0) is 37.6 Å². The van der Waals surface area contributed by atoms with E-state index in [9.17, 15) is 13.2 Å². The van der Waals surface area contributed by atoms with Crippen LogP contribution in [0.3, 0.4) is 0 Å². The van der Waals surface area contributed by atoms with Crippen LogP contribution in [0.1, 0.15) is 34.5 Å². The van der Waals surface area contributed by atoms with Gasteiger partial charge in [-0.25, -0.2) is 13.4 Å². The molecule has 9 heteroatoms. The quantitative estimate of drug-likeness (QED) is 0.668. The first kappa shape index (κ1) is 19.3. The Morgan fingerprint density at radius 3 is 2.38 bits per heavy atom. The third kappa shape index (κ3) is 3.92. The summed E-state index contributed by atoms with van der Waals surface area (Å²) in [5.41, 5.74) is 0.530. The Bertz CT molecular complexity index is 1100. The number of aryl methyl sites for hydroxylation is 1. The number of hydrogen-bond acceptors (Lipinski definition) is 5. The number of amides is 1. The van der Waals surface area contributed by atoms with Crippen LogP contribution in [0.5, 0.6) is 0 Å². The highest BCUT2D eigenvalue weighted by Crippen LogP contribution is 2.35. The van der Waals surface area contributed by atoms with Crippen molar-refractivity contribution in [2.75, 3.05) is 6.54 Å². The average Bonchev–Trinajstić information content (AvgIpc) is 3.36. The molecule has 0 aliphatic carbocycles. The summed E-state index contributed by atoms with van der Waals surface area (Å²) in [6.45, 7) is 1.91. The zero-order chi connectivity index (χ0) is 20.4. The van der Waals surface area contributed by atoms with Crippen molar-refractivity contribution < 1.29 is 13.2 Å². The number of H-pyrrole nitrogens is 1. The van der Waals surface area contributed by atoms with Crippen molar-refractivity contribution in [2.45, 2.75) is 30.3 Å². The average molecular weight is 411 g/mol. The van der Waals surface area contributed by atoms with Gasteiger partial charge in [0.25, 0.3) is 5.91 Å². The minimum Gasteiger partial charge on any atom is -0.348 e. The third-order valence-electron chi connectivity index (χ3n) is 4.89. The molecule has 2 N–H and O–H groups in total. The van der Waals surface area contributed by atoms with Gasteiger partial charge in [0.1, 0.15) is 5.82 Å². The van der Waals surface area contributed by atoms with Crippen LogP contribution in [-0.2, 0) is 10.0 Å². The van der Waals surface area contributed by atoms with E-state index < -0.39 is 16.1 Å². The van der Waals surface area contributed by atoms with Gasteiger partial charge >= 0.3 is 0 Å². The van der Waals surface area contributed by atoms with Crippen LogP contribution in [0.2, 0.25) is 0 Å². The number of rotatable bonds is 5. The lowest BCUT2D eigenvalue weighted by Gasteiger charge is -2.21. The molecule has 0 unspecified atom stereocenters. The zero-order valence-electron chi connectivity index (χ0n) is 15.8. The molecular formula is C20H21N5O3S. The summed E-state index contributed by atoms with van der Waals surface area (Å²) in [4.78, 5) is 17.1. The second kappa shape index (κ2) is 7.76. The van der Waals surface area contributed by atoms with Crippen molar-refractivity contribution in [3.63, 3.8) is 0 Å². The van der Waals surface area contributed by atoms with Crippen molar-refractivity contribution in [2.24, 2.45) is 0 Å². The summed E-state index contributed by atoms with van der Waals surface area (Å²) >= 11 is 0. The van der Waals surface area contributed by atoms with Gasteiger partial charge < -0.3 is 5.32 Å². The van der Waals surface area contributed by atoms with Crippen molar-refractivity contribution in [3.05, 3.63) is 77.9 Å². The lowest BCUT2D eigenvalue weighted by atomic mass is 10.1. The van der Waals surface area contributed by atoms with E-state index in [0.29, 0.717) is 23.6 Å². The summed E-state index contributed by atoms with van der Waals surface area (Å²) in [6.07, 6.45) is 0.391. The molecule has 8 nitrogen and oxygen atoms in total. The SMILES string of the molecule is Cc1nc([C@@H]2C[C@H](NC(=O)c3ccccc3)CN2S(=O)(=O)c2ccccc2)n[nH]1. The van der Waals surface area contributed by atoms with Gasteiger partial charge in [0.15, 0.2) is 5.82 Å². The molecule has 1 aromatic heterocycles. The maximum atomic E-state index is 13.3. The van der Waals surface area contributed by atoms with Crippen LogP contribution in [0.15, 0.2) is 65.6 Å². The maximum Gasteiger partial charge on any atom is 0.251 e. The summed E-state index contributed by atoms with van der Waals surface area (Å²) in [7, 11) is -3.77. The minimum atomic E-state index is -3.77. The highest BCUT2D eigenvalue weighted by atomic mass is 32.2. The van der Waals surface area contributed by atoms with Gasteiger partial charge in [-0.3, -0.25) is 9.89 Å². The number of nitrogens with zero attached hydrogens (tertiary/aromatic N) is 3. The number of benzene rings is 2. The van der Waals surface area contributed by atoms with E-state index in [1.165, 1.54) is 4.31 Å². The van der Waals surface area contributed by atoms with E-state index in [-0.39, 0.29) is 23.4 Å². The van der Waals surface area contributed by atoms with Crippen LogP contribution in [0.4, 0.5) is 0 Å². The Labute approximate surface area is 169 Å². The Morgan fingerprint density at radius 1 is 1.10 bits per heavy atom. The molecule has 1 aliphatic rings. The second-order valence-corrected chi connectivity index (χ2v) is 8.85. The second-order valence-electron chi connectivity index (χ2n) is 6.95. The van der Waals surface area contributed by atoms with Crippen molar-refractivity contribution in [1.82, 2.24) is 24.8 Å². The fourth-order valence-corrected chi connectivity index (χ4v) is 5.17. The summed E-state index contributed by atoms with van der Waals surface area (Å²) in [5, 5.41) is 9.89. The molecule has 1 aliphatic heterocycles. The van der Waals surface area contributed by atoms with Crippen LogP contribution >= 0.6 is 0 Å². The fourth-order valence-electron chi connectivity index (χ4n) is 3.51. The van der Waals surface area contributed by atoms with E-state index in [0.717, 1.165) is 0 Å². The van der Waals surface area contributed by atoms with E-state index in [1.54, 1.807) is 61.5 Å². The van der Waals surface area contributed by atoms with E-state index >= 15 is 0 Å². The van der Waals surface area contributed by atoms with Gasteiger partial charge in [0.2, 0.25) is 10.0 Å². The van der Waals surface area contributed by atoms with Crippen molar-refractivity contribution >= 4 is 15.9 Å². The molecule has 29 heavy (non-hydrogen) atoms. The predicted molar refractivity (Wildman–Crippen MR) is 107 cm³/mol. The first-order chi connectivity index (χ1) is 13.9. The minimum absolute atomic E-state index is 0.147. The molecule has 1 amide bonds. The fraction of sp³-hybridized carbons (Fsp3) is 0.250. The van der Waals surface area contributed by atoms with Crippen LogP contribution < -0.4 is 5.32 Å². The lowest BCUT2D eigenvalue weighted by molar-refractivity contribution is 0.0939. The van der Waals surface area contributed by atoms with Crippen LogP contribution in [0.25, 0.3) is 0 Å². The Kier molecular flexibility index (Phi) is 5.16. The van der Waals surface area contributed by atoms with Crippen molar-refractivity contribution in [1.29, 1.82) is 0 Å². The Hall–Kier alpha value is -3.04. The molecule has 1 saturated heterocycles. The molecule has 2 aromatic carbocycles. The molecule has 2 heterocycles. The van der Waals surface area contributed by atoms with Gasteiger partial charge in [-0.2, -0.15) is 9.40 Å². The topological polar surface area (TPSA) is 108 Å². The maximum absolute atomic E-state index is 13.3. The number of sulfonamides is 1. The number of aromatic nitrogens is 3. The first-order valence-corrected chi connectivity index (χ1v) is 10.7. The zero-order valence-corrected chi connectivity index (χ0v) is 16.6. The largest absolute Gasteiger partial charge is 0.348 e. The van der Waals surface area contributed by atoms with Gasteiger partial charge in [-0.1, -0.05) is 36.4 Å². The summed E-state index contributed by atoms with van der Waals surface area (Å²) in [5.74, 6) is 0.770. The molecule has 0 spiro atoms. The number of carbonyl (C=O) groups is 1. The lowest BCUT2D eigenvalue weighted by Crippen LogP contribution is -2.38.